The van der Waals surface area contributed by atoms with E-state index in [4.69, 9.17) is 21.1 Å². The summed E-state index contributed by atoms with van der Waals surface area (Å²) >= 11 is 5.99. The Kier molecular flexibility index (Phi) is 7.28. The van der Waals surface area contributed by atoms with Crippen LogP contribution in [0, 0.1) is 6.92 Å². The van der Waals surface area contributed by atoms with Gasteiger partial charge in [-0.15, -0.1) is 0 Å². The quantitative estimate of drug-likeness (QED) is 0.691. The van der Waals surface area contributed by atoms with Crippen LogP contribution in [0.25, 0.3) is 0 Å². The molecular formula is C18H24ClN3O3. The first-order valence-electron chi connectivity index (χ1n) is 8.28. The van der Waals surface area contributed by atoms with E-state index in [9.17, 15) is 4.79 Å². The average Bonchev–Trinajstić information content (AvgIpc) is 3.04. The molecule has 0 aliphatic heterocycles. The number of hydrogen-bond acceptors (Lipinski definition) is 4. The lowest BCUT2D eigenvalue weighted by molar-refractivity contribution is 0.0756. The minimum Gasteiger partial charge on any atom is -0.471 e. The Morgan fingerprint density at radius 2 is 2.16 bits per heavy atom. The maximum absolute atomic E-state index is 12.0. The Morgan fingerprint density at radius 1 is 1.36 bits per heavy atom. The molecule has 2 rings (SSSR count). The van der Waals surface area contributed by atoms with E-state index in [1.807, 2.05) is 26.8 Å². The van der Waals surface area contributed by atoms with Crippen molar-refractivity contribution in [3.63, 3.8) is 0 Å². The van der Waals surface area contributed by atoms with Crippen molar-refractivity contribution in [2.24, 2.45) is 0 Å². The van der Waals surface area contributed by atoms with Crippen LogP contribution in [-0.4, -0.2) is 34.9 Å². The Labute approximate surface area is 153 Å². The van der Waals surface area contributed by atoms with Crippen molar-refractivity contribution < 1.29 is 14.3 Å². The number of carbonyl (C=O) groups excluding carboxylic acids is 1. The minimum absolute atomic E-state index is 0.203. The summed E-state index contributed by atoms with van der Waals surface area (Å²) in [6.07, 6.45) is 2.68. The molecule has 0 spiro atoms. The van der Waals surface area contributed by atoms with E-state index in [1.54, 1.807) is 29.1 Å². The van der Waals surface area contributed by atoms with Gasteiger partial charge in [-0.2, -0.15) is 5.10 Å². The number of nitrogens with zero attached hydrogens (tertiary/aromatic N) is 2. The van der Waals surface area contributed by atoms with Gasteiger partial charge in [-0.25, -0.2) is 4.68 Å². The summed E-state index contributed by atoms with van der Waals surface area (Å²) in [6, 6.07) is 7.11. The summed E-state index contributed by atoms with van der Waals surface area (Å²) in [6.45, 7) is 7.28. The predicted molar refractivity (Wildman–Crippen MR) is 97.1 cm³/mol. The van der Waals surface area contributed by atoms with Crippen LogP contribution in [0.4, 0.5) is 0 Å². The van der Waals surface area contributed by atoms with Crippen molar-refractivity contribution in [1.29, 1.82) is 0 Å². The SMILES string of the molecule is Cc1cc(OCn2ccc(C(=O)NCCCOC(C)C)n2)ccc1Cl. The van der Waals surface area contributed by atoms with Gasteiger partial charge in [0.05, 0.1) is 6.10 Å². The van der Waals surface area contributed by atoms with Crippen molar-refractivity contribution in [1.82, 2.24) is 15.1 Å². The molecule has 0 unspecified atom stereocenters. The number of aromatic nitrogens is 2. The second kappa shape index (κ2) is 9.44. The van der Waals surface area contributed by atoms with Crippen molar-refractivity contribution in [2.75, 3.05) is 13.2 Å². The summed E-state index contributed by atoms with van der Waals surface area (Å²) in [5.41, 5.74) is 1.31. The number of carbonyl (C=O) groups is 1. The van der Waals surface area contributed by atoms with Gasteiger partial charge >= 0.3 is 0 Å². The molecule has 1 heterocycles. The fourth-order valence-electron chi connectivity index (χ4n) is 2.09. The first-order chi connectivity index (χ1) is 12.0. The van der Waals surface area contributed by atoms with Gasteiger partial charge in [0.15, 0.2) is 6.73 Å². The average molecular weight is 366 g/mol. The van der Waals surface area contributed by atoms with Crippen LogP contribution in [0.3, 0.4) is 0 Å². The van der Waals surface area contributed by atoms with E-state index in [0.29, 0.717) is 29.6 Å². The molecule has 0 saturated heterocycles. The number of amides is 1. The number of hydrogen-bond donors (Lipinski definition) is 1. The summed E-state index contributed by atoms with van der Waals surface area (Å²) in [5.74, 6) is 0.499. The van der Waals surface area contributed by atoms with Crippen LogP contribution in [0.2, 0.25) is 5.02 Å². The highest BCUT2D eigenvalue weighted by molar-refractivity contribution is 6.31. The maximum atomic E-state index is 12.0. The first-order valence-corrected chi connectivity index (χ1v) is 8.65. The van der Waals surface area contributed by atoms with Crippen molar-refractivity contribution in [3.05, 3.63) is 46.7 Å². The molecule has 2 aromatic rings. The number of ether oxygens (including phenoxy) is 2. The van der Waals surface area contributed by atoms with Crippen LogP contribution in [-0.2, 0) is 11.5 Å². The molecule has 1 aromatic heterocycles. The third kappa shape index (κ3) is 6.40. The standard InChI is InChI=1S/C18H24ClN3O3/c1-13(2)24-10-4-8-20-18(23)17-7-9-22(21-17)12-25-15-5-6-16(19)14(3)11-15/h5-7,9,11,13H,4,8,10,12H2,1-3H3,(H,20,23). The van der Waals surface area contributed by atoms with E-state index < -0.39 is 0 Å². The normalized spacial score (nSPS) is 10.9. The molecule has 0 aliphatic carbocycles. The van der Waals surface area contributed by atoms with E-state index in [2.05, 4.69) is 10.4 Å². The topological polar surface area (TPSA) is 65.4 Å². The molecule has 6 nitrogen and oxygen atoms in total. The monoisotopic (exact) mass is 365 g/mol. The van der Waals surface area contributed by atoms with Crippen LogP contribution in [0.1, 0.15) is 36.3 Å². The molecule has 0 aliphatic rings. The number of nitrogens with one attached hydrogen (secondary N) is 1. The smallest absolute Gasteiger partial charge is 0.271 e. The third-order valence-corrected chi connectivity index (χ3v) is 3.85. The summed E-state index contributed by atoms with van der Waals surface area (Å²) in [7, 11) is 0. The molecular weight excluding hydrogens is 342 g/mol. The lowest BCUT2D eigenvalue weighted by Gasteiger charge is -2.08. The fourth-order valence-corrected chi connectivity index (χ4v) is 2.20. The Bertz CT molecular complexity index is 701. The van der Waals surface area contributed by atoms with E-state index >= 15 is 0 Å². The van der Waals surface area contributed by atoms with Crippen LogP contribution >= 0.6 is 11.6 Å². The van der Waals surface area contributed by atoms with E-state index in [-0.39, 0.29) is 18.7 Å². The summed E-state index contributed by atoms with van der Waals surface area (Å²) in [5, 5.41) is 7.74. The molecule has 1 aromatic carbocycles. The van der Waals surface area contributed by atoms with Gasteiger partial charge < -0.3 is 14.8 Å². The zero-order chi connectivity index (χ0) is 18.2. The van der Waals surface area contributed by atoms with Crippen molar-refractivity contribution in [2.45, 2.75) is 40.0 Å². The number of halogens is 1. The fraction of sp³-hybridized carbons (Fsp3) is 0.444. The minimum atomic E-state index is -0.203. The zero-order valence-corrected chi connectivity index (χ0v) is 15.5. The largest absolute Gasteiger partial charge is 0.471 e. The van der Waals surface area contributed by atoms with Gasteiger partial charge in [0, 0.05) is 24.4 Å². The summed E-state index contributed by atoms with van der Waals surface area (Å²) < 4.78 is 12.6. The predicted octanol–water partition coefficient (Wildman–Crippen LogP) is 3.43. The number of aryl methyl sites for hydroxylation is 1. The Morgan fingerprint density at radius 3 is 2.88 bits per heavy atom. The summed E-state index contributed by atoms with van der Waals surface area (Å²) in [4.78, 5) is 12.0. The molecule has 0 saturated carbocycles. The third-order valence-electron chi connectivity index (χ3n) is 3.42. The van der Waals surface area contributed by atoms with Gasteiger partial charge in [0.2, 0.25) is 0 Å². The second-order valence-corrected chi connectivity index (χ2v) is 6.36. The Hall–Kier alpha value is -2.05. The highest BCUT2D eigenvalue weighted by atomic mass is 35.5. The number of rotatable bonds is 9. The molecule has 7 heteroatoms. The van der Waals surface area contributed by atoms with Gasteiger partial charge in [0.1, 0.15) is 11.4 Å². The first kappa shape index (κ1) is 19.3. The Balaban J connectivity index is 1.77. The van der Waals surface area contributed by atoms with Crippen LogP contribution in [0.15, 0.2) is 30.5 Å². The molecule has 0 bridgehead atoms. The second-order valence-electron chi connectivity index (χ2n) is 5.95. The number of benzene rings is 1. The van der Waals surface area contributed by atoms with Crippen LogP contribution in [0.5, 0.6) is 5.75 Å². The van der Waals surface area contributed by atoms with E-state index in [1.165, 1.54) is 0 Å². The highest BCUT2D eigenvalue weighted by Gasteiger charge is 2.09. The molecule has 0 fully saturated rings. The zero-order valence-electron chi connectivity index (χ0n) is 14.8. The highest BCUT2D eigenvalue weighted by Crippen LogP contribution is 2.21. The van der Waals surface area contributed by atoms with Gasteiger partial charge in [0.25, 0.3) is 5.91 Å². The molecule has 1 amide bonds. The molecule has 1 N–H and O–H groups in total. The van der Waals surface area contributed by atoms with E-state index in [0.717, 1.165) is 12.0 Å². The molecule has 136 valence electrons. The lowest BCUT2D eigenvalue weighted by atomic mass is 10.2. The van der Waals surface area contributed by atoms with Gasteiger partial charge in [-0.1, -0.05) is 11.6 Å². The van der Waals surface area contributed by atoms with Crippen LogP contribution < -0.4 is 10.1 Å². The van der Waals surface area contributed by atoms with Gasteiger partial charge in [-0.3, -0.25) is 4.79 Å². The lowest BCUT2D eigenvalue weighted by Crippen LogP contribution is -2.26. The van der Waals surface area contributed by atoms with Crippen molar-refractivity contribution in [3.8, 4) is 5.75 Å². The van der Waals surface area contributed by atoms with Gasteiger partial charge in [-0.05, 0) is 57.0 Å². The van der Waals surface area contributed by atoms with Crippen molar-refractivity contribution >= 4 is 17.5 Å². The molecule has 0 radical (unpaired) electrons. The maximum Gasteiger partial charge on any atom is 0.271 e. The molecule has 0 atom stereocenters. The molecule has 25 heavy (non-hydrogen) atoms.